The van der Waals surface area contributed by atoms with Crippen LogP contribution in [0.2, 0.25) is 0 Å². The summed E-state index contributed by atoms with van der Waals surface area (Å²) in [6.07, 6.45) is 0.498. The van der Waals surface area contributed by atoms with Gasteiger partial charge in [0.25, 0.3) is 17.6 Å². The molecule has 1 atom stereocenters. The van der Waals surface area contributed by atoms with Crippen molar-refractivity contribution >= 4 is 39.1 Å². The van der Waals surface area contributed by atoms with Crippen molar-refractivity contribution in [3.05, 3.63) is 65.2 Å². The number of fused-ring (bicyclic) bond motifs is 2. The molecule has 0 radical (unpaired) electrons. The van der Waals surface area contributed by atoms with E-state index in [2.05, 4.69) is 0 Å². The van der Waals surface area contributed by atoms with Crippen LogP contribution in [-0.4, -0.2) is 105 Å². The molecule has 3 heterocycles. The lowest BCUT2D eigenvalue weighted by Gasteiger charge is -2.34. The van der Waals surface area contributed by atoms with E-state index in [-0.39, 0.29) is 35.7 Å². The summed E-state index contributed by atoms with van der Waals surface area (Å²) >= 11 is 0. The molecule has 0 aromatic heterocycles. The third-order valence-electron chi connectivity index (χ3n) is 7.85. The van der Waals surface area contributed by atoms with Crippen LogP contribution in [0.4, 0.5) is 5.69 Å². The van der Waals surface area contributed by atoms with E-state index in [4.69, 9.17) is 4.74 Å². The first kappa shape index (κ1) is 28.9. The second-order valence-corrected chi connectivity index (χ2v) is 12.4. The molecule has 3 aliphatic rings. The second-order valence-electron chi connectivity index (χ2n) is 10.5. The highest BCUT2D eigenvalue weighted by atomic mass is 32.2. The first-order valence-corrected chi connectivity index (χ1v) is 15.0. The zero-order valence-electron chi connectivity index (χ0n) is 23.4. The Morgan fingerprint density at radius 2 is 1.68 bits per heavy atom. The van der Waals surface area contributed by atoms with E-state index in [9.17, 15) is 27.9 Å². The van der Waals surface area contributed by atoms with Crippen LogP contribution in [0.3, 0.4) is 0 Å². The Morgan fingerprint density at radius 3 is 2.32 bits per heavy atom. The molecule has 2 amide bonds. The van der Waals surface area contributed by atoms with Gasteiger partial charge in [-0.05, 0) is 64.3 Å². The number of Topliss-reactive ketones (excluding diaryl/α,β-unsaturated/α-hetero) is 1. The van der Waals surface area contributed by atoms with Gasteiger partial charge in [0, 0.05) is 37.3 Å². The highest BCUT2D eigenvalue weighted by molar-refractivity contribution is 7.89. The lowest BCUT2D eigenvalue weighted by atomic mass is 9.82. The van der Waals surface area contributed by atoms with Gasteiger partial charge in [0.1, 0.15) is 5.76 Å². The summed E-state index contributed by atoms with van der Waals surface area (Å²) in [5.74, 6) is -2.84. The standard InChI is InChI=1S/C29H34N4O7S/c1-4-32-23-9-6-5-8-22(23)29(28(32)37)24(26(35)27(36)33(29)15-7-14-30(2)3)25(34)20-10-12-21(13-11-20)41(38,39)31-16-18-40-19-17-31/h5-6,8-13,34H,4,7,14-19H2,1-3H3/b25-24+. The number of ether oxygens (including phenoxy) is 1. The van der Waals surface area contributed by atoms with Gasteiger partial charge in [0.05, 0.1) is 29.4 Å². The van der Waals surface area contributed by atoms with Gasteiger partial charge in [-0.3, -0.25) is 14.4 Å². The lowest BCUT2D eigenvalue weighted by Crippen LogP contribution is -2.52. The zero-order chi connectivity index (χ0) is 29.5. The topological polar surface area (TPSA) is 128 Å². The van der Waals surface area contributed by atoms with Crippen molar-refractivity contribution in [3.63, 3.8) is 0 Å². The minimum Gasteiger partial charge on any atom is -0.507 e. The maximum absolute atomic E-state index is 14.3. The number of carbonyl (C=O) groups excluding carboxylic acids is 3. The molecule has 41 heavy (non-hydrogen) atoms. The van der Waals surface area contributed by atoms with Gasteiger partial charge in [-0.15, -0.1) is 0 Å². The number of rotatable bonds is 8. The van der Waals surface area contributed by atoms with E-state index < -0.39 is 38.9 Å². The third-order valence-corrected chi connectivity index (χ3v) is 9.76. The number of likely N-dealkylation sites (tertiary alicyclic amines) is 1. The molecule has 0 bridgehead atoms. The molecule has 11 nitrogen and oxygen atoms in total. The highest BCUT2D eigenvalue weighted by Crippen LogP contribution is 2.53. The monoisotopic (exact) mass is 582 g/mol. The summed E-state index contributed by atoms with van der Waals surface area (Å²) in [5, 5.41) is 11.6. The van der Waals surface area contributed by atoms with Crippen molar-refractivity contribution in [1.82, 2.24) is 14.1 Å². The number of likely N-dealkylation sites (N-methyl/N-ethyl adjacent to an activating group) is 1. The molecule has 0 saturated carbocycles. The summed E-state index contributed by atoms with van der Waals surface area (Å²) in [5.41, 5.74) is -1.02. The Kier molecular flexibility index (Phi) is 7.77. The second kappa shape index (κ2) is 11.0. The fourth-order valence-corrected chi connectivity index (χ4v) is 7.30. The van der Waals surface area contributed by atoms with Crippen LogP contribution in [0.5, 0.6) is 0 Å². The van der Waals surface area contributed by atoms with E-state index >= 15 is 0 Å². The Balaban J connectivity index is 1.64. The van der Waals surface area contributed by atoms with Gasteiger partial charge in [0.2, 0.25) is 10.0 Å². The summed E-state index contributed by atoms with van der Waals surface area (Å²) < 4.78 is 32.8. The van der Waals surface area contributed by atoms with Crippen LogP contribution in [0.25, 0.3) is 5.76 Å². The third kappa shape index (κ3) is 4.55. The van der Waals surface area contributed by atoms with E-state index in [1.54, 1.807) is 31.2 Å². The number of benzene rings is 2. The number of carbonyl (C=O) groups is 3. The van der Waals surface area contributed by atoms with Crippen molar-refractivity contribution in [3.8, 4) is 0 Å². The summed E-state index contributed by atoms with van der Waals surface area (Å²) in [6.45, 7) is 3.91. The van der Waals surface area contributed by atoms with E-state index in [1.807, 2.05) is 19.0 Å². The van der Waals surface area contributed by atoms with Crippen molar-refractivity contribution in [2.45, 2.75) is 23.8 Å². The molecule has 2 fully saturated rings. The number of ketones is 1. The number of amides is 2. The predicted molar refractivity (Wildman–Crippen MR) is 152 cm³/mol. The van der Waals surface area contributed by atoms with Gasteiger partial charge in [0.15, 0.2) is 5.54 Å². The van der Waals surface area contributed by atoms with Crippen LogP contribution < -0.4 is 4.90 Å². The van der Waals surface area contributed by atoms with Crippen LogP contribution in [0, 0.1) is 0 Å². The summed E-state index contributed by atoms with van der Waals surface area (Å²) in [7, 11) is -0.00817. The van der Waals surface area contributed by atoms with Crippen molar-refractivity contribution in [2.75, 3.05) is 64.9 Å². The van der Waals surface area contributed by atoms with Gasteiger partial charge in [-0.1, -0.05) is 18.2 Å². The van der Waals surface area contributed by atoms with E-state index in [0.29, 0.717) is 44.0 Å². The van der Waals surface area contributed by atoms with Gasteiger partial charge >= 0.3 is 0 Å². The maximum Gasteiger partial charge on any atom is 0.296 e. The predicted octanol–water partition coefficient (Wildman–Crippen LogP) is 1.60. The number of aliphatic hydroxyl groups is 1. The van der Waals surface area contributed by atoms with Crippen molar-refractivity contribution in [2.24, 2.45) is 0 Å². The Bertz CT molecular complexity index is 1510. The average molecular weight is 583 g/mol. The Hall–Kier alpha value is -3.58. The molecule has 5 rings (SSSR count). The summed E-state index contributed by atoms with van der Waals surface area (Å²) in [6, 6.07) is 12.5. The number of anilines is 1. The van der Waals surface area contributed by atoms with Crippen LogP contribution >= 0.6 is 0 Å². The molecule has 1 unspecified atom stereocenters. The summed E-state index contributed by atoms with van der Waals surface area (Å²) in [4.78, 5) is 46.2. The SMILES string of the molecule is CCN1C(=O)C2(/C(=C(/O)c3ccc(S(=O)(=O)N4CCOCC4)cc3)C(=O)C(=O)N2CCCN(C)C)c2ccccc21. The van der Waals surface area contributed by atoms with E-state index in [1.165, 1.54) is 38.4 Å². The maximum atomic E-state index is 14.3. The van der Waals surface area contributed by atoms with Crippen LogP contribution in [0.15, 0.2) is 59.0 Å². The smallest absolute Gasteiger partial charge is 0.296 e. The Labute approximate surface area is 239 Å². The largest absolute Gasteiger partial charge is 0.507 e. The molecule has 2 saturated heterocycles. The molecule has 0 aliphatic carbocycles. The molecule has 2 aromatic rings. The molecular weight excluding hydrogens is 548 g/mol. The number of aliphatic hydroxyl groups excluding tert-OH is 1. The highest BCUT2D eigenvalue weighted by Gasteiger charge is 2.66. The number of hydrogen-bond donors (Lipinski definition) is 1. The average Bonchev–Trinajstić information content (AvgIpc) is 3.35. The first-order chi connectivity index (χ1) is 19.6. The van der Waals surface area contributed by atoms with E-state index in [0.717, 1.165) is 0 Å². The quantitative estimate of drug-likeness (QED) is 0.283. The van der Waals surface area contributed by atoms with Crippen LogP contribution in [-0.2, 0) is 34.7 Å². The molecule has 2 aromatic carbocycles. The normalized spacial score (nSPS) is 22.8. The molecule has 12 heteroatoms. The van der Waals surface area contributed by atoms with Gasteiger partial charge in [-0.25, -0.2) is 8.42 Å². The molecule has 3 aliphatic heterocycles. The number of sulfonamides is 1. The van der Waals surface area contributed by atoms with Crippen molar-refractivity contribution < 1.29 is 32.6 Å². The molecular formula is C29H34N4O7S. The Morgan fingerprint density at radius 1 is 1.02 bits per heavy atom. The minimum atomic E-state index is -3.79. The fraction of sp³-hybridized carbons (Fsp3) is 0.414. The van der Waals surface area contributed by atoms with Crippen molar-refractivity contribution in [1.29, 1.82) is 0 Å². The minimum absolute atomic E-state index is 0.0225. The zero-order valence-corrected chi connectivity index (χ0v) is 24.2. The number of para-hydroxylation sites is 1. The van der Waals surface area contributed by atoms with Gasteiger partial charge in [-0.2, -0.15) is 4.31 Å². The fourth-order valence-electron chi connectivity index (χ4n) is 5.89. The first-order valence-electron chi connectivity index (χ1n) is 13.6. The molecule has 1 spiro atoms. The number of morpholine rings is 1. The number of nitrogens with zero attached hydrogens (tertiary/aromatic N) is 4. The molecule has 218 valence electrons. The number of hydrogen-bond acceptors (Lipinski definition) is 8. The lowest BCUT2D eigenvalue weighted by molar-refractivity contribution is -0.143. The molecule has 1 N–H and O–H groups in total. The van der Waals surface area contributed by atoms with Crippen LogP contribution in [0.1, 0.15) is 24.5 Å². The van der Waals surface area contributed by atoms with Gasteiger partial charge < -0.3 is 24.5 Å².